The quantitative estimate of drug-likeness (QED) is 0.717. The molecule has 8 heteroatoms. The lowest BCUT2D eigenvalue weighted by atomic mass is 10.1. The monoisotopic (exact) mass is 390 g/mol. The van der Waals surface area contributed by atoms with Crippen molar-refractivity contribution >= 4 is 17.6 Å². The van der Waals surface area contributed by atoms with Crippen LogP contribution in [-0.2, 0) is 20.1 Å². The first-order chi connectivity index (χ1) is 14.0. The van der Waals surface area contributed by atoms with Crippen molar-refractivity contribution in [3.63, 3.8) is 0 Å². The molecule has 4 rings (SSSR count). The summed E-state index contributed by atoms with van der Waals surface area (Å²) in [5.74, 6) is -0.180. The third-order valence-electron chi connectivity index (χ3n) is 4.94. The van der Waals surface area contributed by atoms with Crippen molar-refractivity contribution < 1.29 is 9.59 Å². The number of hydrogen-bond donors (Lipinski definition) is 2. The van der Waals surface area contributed by atoms with Crippen molar-refractivity contribution in [2.75, 3.05) is 5.32 Å². The maximum Gasteiger partial charge on any atom is 0.322 e. The van der Waals surface area contributed by atoms with E-state index in [-0.39, 0.29) is 18.0 Å². The molecular weight excluding hydrogens is 368 g/mol. The van der Waals surface area contributed by atoms with E-state index in [2.05, 4.69) is 20.7 Å². The van der Waals surface area contributed by atoms with E-state index >= 15 is 0 Å². The summed E-state index contributed by atoms with van der Waals surface area (Å²) >= 11 is 0. The van der Waals surface area contributed by atoms with Gasteiger partial charge in [0.2, 0.25) is 0 Å². The normalized spacial score (nSPS) is 13.7. The number of aromatic nitrogens is 3. The molecule has 1 aliphatic rings. The van der Waals surface area contributed by atoms with Gasteiger partial charge in [0.25, 0.3) is 5.91 Å². The van der Waals surface area contributed by atoms with Gasteiger partial charge in [-0.2, -0.15) is 5.10 Å². The summed E-state index contributed by atoms with van der Waals surface area (Å²) in [6.07, 6.45) is 5.34. The lowest BCUT2D eigenvalue weighted by Gasteiger charge is -2.16. The van der Waals surface area contributed by atoms with E-state index < -0.39 is 0 Å². The fourth-order valence-corrected chi connectivity index (χ4v) is 3.28. The molecular formula is C21H22N6O2. The molecule has 2 N–H and O–H groups in total. The van der Waals surface area contributed by atoms with Crippen molar-refractivity contribution in [3.8, 4) is 0 Å². The molecule has 2 aromatic heterocycles. The predicted molar refractivity (Wildman–Crippen MR) is 108 cm³/mol. The summed E-state index contributed by atoms with van der Waals surface area (Å²) < 4.78 is 1.70. The first-order valence-electron chi connectivity index (χ1n) is 9.38. The van der Waals surface area contributed by atoms with E-state index in [0.717, 1.165) is 16.8 Å². The van der Waals surface area contributed by atoms with Crippen LogP contribution in [-0.4, -0.2) is 31.6 Å². The lowest BCUT2D eigenvalue weighted by Crippen LogP contribution is -2.30. The minimum Gasteiger partial charge on any atom is -0.345 e. The first kappa shape index (κ1) is 18.7. The molecule has 0 fully saturated rings. The van der Waals surface area contributed by atoms with Gasteiger partial charge in [0.15, 0.2) is 0 Å². The number of amides is 3. The Kier molecular flexibility index (Phi) is 4.99. The molecule has 1 aromatic carbocycles. The van der Waals surface area contributed by atoms with Gasteiger partial charge in [-0.3, -0.25) is 14.5 Å². The largest absolute Gasteiger partial charge is 0.345 e. The Morgan fingerprint density at radius 2 is 1.93 bits per heavy atom. The number of carbonyl (C=O) groups is 2. The van der Waals surface area contributed by atoms with Crippen molar-refractivity contribution in [3.05, 3.63) is 77.4 Å². The standard InChI is InChI=1S/C21H22N6O2/c1-14(17-10-23-26(2)11-17)24-20(28)15-5-7-18(8-6-15)25-21(29)27-12-16-4-3-9-22-19(16)13-27/h3-11,14H,12-13H2,1-2H3,(H,24,28)(H,25,29). The molecule has 0 bridgehead atoms. The van der Waals surface area contributed by atoms with Gasteiger partial charge in [0.1, 0.15) is 0 Å². The van der Waals surface area contributed by atoms with Crippen molar-refractivity contribution in [1.29, 1.82) is 0 Å². The Labute approximate surface area is 168 Å². The van der Waals surface area contributed by atoms with E-state index in [1.165, 1.54) is 0 Å². The zero-order valence-corrected chi connectivity index (χ0v) is 16.3. The number of carbonyl (C=O) groups excluding carboxylic acids is 2. The molecule has 29 heavy (non-hydrogen) atoms. The molecule has 0 aliphatic carbocycles. The zero-order chi connectivity index (χ0) is 20.4. The number of rotatable bonds is 4. The number of nitrogens with zero attached hydrogens (tertiary/aromatic N) is 4. The van der Waals surface area contributed by atoms with Gasteiger partial charge in [0, 0.05) is 42.8 Å². The smallest absolute Gasteiger partial charge is 0.322 e. The minimum absolute atomic E-state index is 0.152. The Morgan fingerprint density at radius 1 is 1.14 bits per heavy atom. The summed E-state index contributed by atoms with van der Waals surface area (Å²) in [4.78, 5) is 31.0. The predicted octanol–water partition coefficient (Wildman–Crippen LogP) is 2.85. The number of fused-ring (bicyclic) bond motifs is 1. The summed E-state index contributed by atoms with van der Waals surface area (Å²) in [5, 5.41) is 9.94. The highest BCUT2D eigenvalue weighted by Gasteiger charge is 2.24. The van der Waals surface area contributed by atoms with Crippen LogP contribution in [0.3, 0.4) is 0 Å². The Balaban J connectivity index is 1.34. The second-order valence-electron chi connectivity index (χ2n) is 7.12. The number of benzene rings is 1. The second kappa shape index (κ2) is 7.75. The highest BCUT2D eigenvalue weighted by molar-refractivity contribution is 5.95. The molecule has 0 spiro atoms. The van der Waals surface area contributed by atoms with Crippen LogP contribution in [0.2, 0.25) is 0 Å². The summed E-state index contributed by atoms with van der Waals surface area (Å²) in [7, 11) is 1.84. The molecule has 1 atom stereocenters. The Morgan fingerprint density at radius 3 is 2.62 bits per heavy atom. The third kappa shape index (κ3) is 4.11. The highest BCUT2D eigenvalue weighted by Crippen LogP contribution is 2.21. The summed E-state index contributed by atoms with van der Waals surface area (Å²) in [5.41, 5.74) is 4.09. The number of nitrogens with one attached hydrogen (secondary N) is 2. The van der Waals surface area contributed by atoms with Crippen LogP contribution in [0.5, 0.6) is 0 Å². The third-order valence-corrected chi connectivity index (χ3v) is 4.94. The first-order valence-corrected chi connectivity index (χ1v) is 9.38. The summed E-state index contributed by atoms with van der Waals surface area (Å²) in [6.45, 7) is 2.95. The SMILES string of the molecule is CC(NC(=O)c1ccc(NC(=O)N2Cc3cccnc3C2)cc1)c1cnn(C)c1. The van der Waals surface area contributed by atoms with Gasteiger partial charge >= 0.3 is 6.03 Å². The van der Waals surface area contributed by atoms with Gasteiger partial charge in [-0.05, 0) is 42.8 Å². The number of anilines is 1. The van der Waals surface area contributed by atoms with E-state index in [0.29, 0.717) is 24.3 Å². The molecule has 1 unspecified atom stereocenters. The number of pyridine rings is 1. The average Bonchev–Trinajstić information content (AvgIpc) is 3.34. The minimum atomic E-state index is -0.189. The van der Waals surface area contributed by atoms with Gasteiger partial charge in [0.05, 0.1) is 24.5 Å². The van der Waals surface area contributed by atoms with Gasteiger partial charge in [-0.15, -0.1) is 0 Å². The molecule has 1 aliphatic heterocycles. The molecule has 3 aromatic rings. The molecule has 0 saturated heterocycles. The Hall–Kier alpha value is -3.68. The van der Waals surface area contributed by atoms with E-state index in [1.807, 2.05) is 32.3 Å². The fraction of sp³-hybridized carbons (Fsp3) is 0.238. The van der Waals surface area contributed by atoms with Crippen molar-refractivity contribution in [2.24, 2.45) is 7.05 Å². The fourth-order valence-electron chi connectivity index (χ4n) is 3.28. The van der Waals surface area contributed by atoms with Crippen molar-refractivity contribution in [2.45, 2.75) is 26.1 Å². The van der Waals surface area contributed by atoms with Crippen LogP contribution in [0, 0.1) is 0 Å². The Bertz CT molecular complexity index is 1020. The molecule has 8 nitrogen and oxygen atoms in total. The lowest BCUT2D eigenvalue weighted by molar-refractivity contribution is 0.0940. The summed E-state index contributed by atoms with van der Waals surface area (Å²) in [6, 6.07) is 10.4. The van der Waals surface area contributed by atoms with Crippen LogP contribution < -0.4 is 10.6 Å². The molecule has 148 valence electrons. The van der Waals surface area contributed by atoms with Gasteiger partial charge in [-0.25, -0.2) is 4.79 Å². The molecule has 3 heterocycles. The van der Waals surface area contributed by atoms with Crippen LogP contribution in [0.1, 0.15) is 40.1 Å². The average molecular weight is 390 g/mol. The number of hydrogen-bond acceptors (Lipinski definition) is 4. The van der Waals surface area contributed by atoms with E-state index in [1.54, 1.807) is 46.2 Å². The number of aryl methyl sites for hydroxylation is 1. The van der Waals surface area contributed by atoms with Gasteiger partial charge in [-0.1, -0.05) is 6.07 Å². The highest BCUT2D eigenvalue weighted by atomic mass is 16.2. The zero-order valence-electron chi connectivity index (χ0n) is 16.3. The van der Waals surface area contributed by atoms with Gasteiger partial charge < -0.3 is 15.5 Å². The number of urea groups is 1. The van der Waals surface area contributed by atoms with Crippen molar-refractivity contribution in [1.82, 2.24) is 25.0 Å². The molecule has 0 radical (unpaired) electrons. The van der Waals surface area contributed by atoms with Crippen LogP contribution >= 0.6 is 0 Å². The maximum absolute atomic E-state index is 12.5. The van der Waals surface area contributed by atoms with Crippen LogP contribution in [0.15, 0.2) is 55.0 Å². The second-order valence-corrected chi connectivity index (χ2v) is 7.12. The maximum atomic E-state index is 12.5. The topological polar surface area (TPSA) is 92.2 Å². The molecule has 3 amide bonds. The van der Waals surface area contributed by atoms with Crippen LogP contribution in [0.25, 0.3) is 0 Å². The van der Waals surface area contributed by atoms with E-state index in [4.69, 9.17) is 0 Å². The molecule has 0 saturated carbocycles. The van der Waals surface area contributed by atoms with E-state index in [9.17, 15) is 9.59 Å². The van der Waals surface area contributed by atoms with Crippen LogP contribution in [0.4, 0.5) is 10.5 Å².